The molecular weight excluding hydrogens is 1100 g/mol. The van der Waals surface area contributed by atoms with Crippen LogP contribution in [0.15, 0.2) is 131 Å². The molecule has 0 aliphatic rings. The molecule has 0 aliphatic carbocycles. The summed E-state index contributed by atoms with van der Waals surface area (Å²) >= 11 is 0. The van der Waals surface area contributed by atoms with Gasteiger partial charge in [0.05, 0.1) is 74.0 Å². The Labute approximate surface area is 474 Å². The number of aromatic nitrogens is 8. The number of hydrogen-bond donors (Lipinski definition) is 0. The van der Waals surface area contributed by atoms with E-state index in [1.54, 1.807) is 0 Å². The molecule has 80 heavy (non-hydrogen) atoms. The Morgan fingerprint density at radius 3 is 0.688 bits per heavy atom. The Balaban J connectivity index is 0.000000238. The zero-order valence-corrected chi connectivity index (χ0v) is 50.9. The molecule has 8 aromatic rings. The number of hydrogen-bond acceptors (Lipinski definition) is 12. The lowest BCUT2D eigenvalue weighted by Gasteiger charge is -2.23. The monoisotopic (exact) mass is 1190 g/mol. The first-order valence-electron chi connectivity index (χ1n) is 27.4. The quantitative estimate of drug-likeness (QED) is 0.0243. The second-order valence-corrected chi connectivity index (χ2v) is 25.5. The van der Waals surface area contributed by atoms with Crippen LogP contribution in [0.5, 0.6) is 0 Å². The van der Waals surface area contributed by atoms with Crippen LogP contribution in [0.25, 0.3) is 32.3 Å². The molecule has 8 rings (SSSR count). The molecule has 4 aromatic carbocycles. The smallest absolute Gasteiger partial charge is 0.243 e. The van der Waals surface area contributed by atoms with Crippen molar-refractivity contribution in [2.45, 2.75) is 176 Å². The molecule has 0 bridgehead atoms. The van der Waals surface area contributed by atoms with Crippen molar-refractivity contribution < 1.29 is 70.2 Å². The van der Waals surface area contributed by atoms with E-state index >= 15 is 0 Å². The molecule has 24 heteroatoms. The molecule has 0 spiro atoms. The predicted molar refractivity (Wildman–Crippen MR) is 301 cm³/mol. The second-order valence-electron chi connectivity index (χ2n) is 20.1. The van der Waals surface area contributed by atoms with Gasteiger partial charge in [-0.05, 0) is 74.3 Å². The summed E-state index contributed by atoms with van der Waals surface area (Å²) in [6.45, 7) is 13.7. The summed E-state index contributed by atoms with van der Waals surface area (Å²) in [5.74, 6) is 0. The molecule has 0 radical (unpaired) electrons. The summed E-state index contributed by atoms with van der Waals surface area (Å²) in [4.78, 5) is -4.63. The SMILES string of the molecule is CCCCCCn1cc[n+](C)c1.CCCCCCn1cc[n+](C)c1.CCCCCCn1cc[n+](C)c1.CCCCCCn1cc[n+](C)c1.O=S(=O)([O-])c1cc(S(=O)(=O)[O-])c2ccc3c(S(=O)(=O)[O-])cc(S(=O)(=O)[O-])c4ccc1c2c43. The van der Waals surface area contributed by atoms with Crippen LogP contribution in [-0.2, 0) is 94.8 Å². The third-order valence-corrected chi connectivity index (χ3v) is 16.7. The first-order chi connectivity index (χ1) is 37.7. The highest BCUT2D eigenvalue weighted by atomic mass is 32.2. The van der Waals surface area contributed by atoms with Gasteiger partial charge in [0.15, 0.2) is 0 Å². The number of rotatable bonds is 24. The van der Waals surface area contributed by atoms with E-state index in [4.69, 9.17) is 0 Å². The summed E-state index contributed by atoms with van der Waals surface area (Å²) in [6, 6.07) is 4.27. The van der Waals surface area contributed by atoms with Crippen molar-refractivity contribution in [2.75, 3.05) is 0 Å². The average molecular weight is 1190 g/mol. The van der Waals surface area contributed by atoms with E-state index < -0.39 is 92.4 Å². The van der Waals surface area contributed by atoms with Crippen LogP contribution in [0.1, 0.15) is 130 Å². The largest absolute Gasteiger partial charge is 0.744 e. The van der Waals surface area contributed by atoms with Gasteiger partial charge in [0.1, 0.15) is 90.0 Å². The standard InChI is InChI=1S/C16H10O12S4.4C10H19N2/c17-29(18,19)11-5-13(31(23,24)25)9-3-4-10-14(32(26,27)28)6-12(30(20,21)22)8-2-1-7(11)15(9)16(8)10;4*1-3-4-5-6-7-12-9-8-11(2)10-12/h1-6H,(H,17,18,19)(H,20,21,22)(H,23,24,25)(H,26,27,28);4*8-10H,3-7H2,1-2H3/q;4*+1/p-4. The van der Waals surface area contributed by atoms with Gasteiger partial charge in [0, 0.05) is 21.5 Å². The van der Waals surface area contributed by atoms with Crippen LogP contribution in [0.3, 0.4) is 0 Å². The topological polar surface area (TPSA) is 264 Å². The van der Waals surface area contributed by atoms with Gasteiger partial charge in [-0.25, -0.2) is 70.2 Å². The fourth-order valence-corrected chi connectivity index (χ4v) is 12.1. The molecule has 20 nitrogen and oxygen atoms in total. The van der Waals surface area contributed by atoms with Crippen molar-refractivity contribution in [3.05, 3.63) is 111 Å². The van der Waals surface area contributed by atoms with Gasteiger partial charge in [-0.3, -0.25) is 0 Å². The van der Waals surface area contributed by atoms with Gasteiger partial charge in [-0.15, -0.1) is 0 Å². The van der Waals surface area contributed by atoms with Crippen LogP contribution < -0.4 is 18.3 Å². The molecular formula is C56H82N8O12S4. The summed E-state index contributed by atoms with van der Waals surface area (Å²) in [7, 11) is -13.4. The van der Waals surface area contributed by atoms with Gasteiger partial charge in [-0.2, -0.15) is 0 Å². The Morgan fingerprint density at radius 2 is 0.537 bits per heavy atom. The van der Waals surface area contributed by atoms with E-state index in [0.29, 0.717) is 12.1 Å². The van der Waals surface area contributed by atoms with Gasteiger partial charge in [-0.1, -0.05) is 103 Å². The fourth-order valence-electron chi connectivity index (χ4n) is 9.11. The molecule has 0 saturated carbocycles. The Morgan fingerprint density at radius 1 is 0.338 bits per heavy atom. The van der Waals surface area contributed by atoms with Crippen molar-refractivity contribution >= 4 is 72.8 Å². The van der Waals surface area contributed by atoms with E-state index in [1.165, 1.54) is 129 Å². The molecule has 0 atom stereocenters. The van der Waals surface area contributed by atoms with E-state index in [0.717, 1.165) is 24.3 Å². The molecule has 0 unspecified atom stereocenters. The second kappa shape index (κ2) is 31.6. The summed E-state index contributed by atoms with van der Waals surface area (Å²) in [5.41, 5.74) is 0. The minimum atomic E-state index is -5.40. The third kappa shape index (κ3) is 21.1. The van der Waals surface area contributed by atoms with Crippen molar-refractivity contribution in [1.82, 2.24) is 18.3 Å². The Hall–Kier alpha value is -5.60. The molecule has 0 saturated heterocycles. The summed E-state index contributed by atoms with van der Waals surface area (Å²) < 4.78 is 159. The number of imidazole rings is 4. The van der Waals surface area contributed by atoms with Gasteiger partial charge >= 0.3 is 0 Å². The van der Waals surface area contributed by atoms with Crippen LogP contribution in [0, 0.1) is 0 Å². The highest BCUT2D eigenvalue weighted by molar-refractivity contribution is 7.87. The Bertz CT molecular complexity index is 3180. The predicted octanol–water partition coefficient (Wildman–Crippen LogP) is 7.77. The molecule has 0 N–H and O–H groups in total. The summed E-state index contributed by atoms with van der Waals surface area (Å²) in [5, 5.41) is -2.90. The van der Waals surface area contributed by atoms with E-state index in [1.807, 2.05) is 0 Å². The molecule has 4 aromatic heterocycles. The molecule has 0 aliphatic heterocycles. The number of aryl methyl sites for hydroxylation is 8. The molecule has 4 heterocycles. The van der Waals surface area contributed by atoms with Crippen LogP contribution in [0.4, 0.5) is 0 Å². The number of nitrogens with zero attached hydrogens (tertiary/aromatic N) is 8. The summed E-state index contributed by atoms with van der Waals surface area (Å²) in [6.07, 6.45) is 46.8. The molecule has 0 fully saturated rings. The zero-order chi connectivity index (χ0) is 59.3. The molecule has 442 valence electrons. The van der Waals surface area contributed by atoms with Crippen molar-refractivity contribution in [2.24, 2.45) is 28.2 Å². The zero-order valence-electron chi connectivity index (χ0n) is 47.6. The van der Waals surface area contributed by atoms with Gasteiger partial charge in [0.25, 0.3) is 0 Å². The lowest BCUT2D eigenvalue weighted by molar-refractivity contribution is -0.671. The minimum Gasteiger partial charge on any atom is -0.744 e. The lowest BCUT2D eigenvalue weighted by atomic mass is 9.94. The number of benzene rings is 4. The lowest BCUT2D eigenvalue weighted by Crippen LogP contribution is -2.23. The highest BCUT2D eigenvalue weighted by Gasteiger charge is 2.25. The van der Waals surface area contributed by atoms with Crippen LogP contribution in [-0.4, -0.2) is 70.2 Å². The maximum absolute atomic E-state index is 11.8. The third-order valence-electron chi connectivity index (χ3n) is 13.2. The fraction of sp³-hybridized carbons (Fsp3) is 0.500. The number of unbranched alkanes of at least 4 members (excludes halogenated alkanes) is 12. The average Bonchev–Trinajstić information content (AvgIpc) is 3.46. The Kier molecular flexibility index (Phi) is 26.4. The van der Waals surface area contributed by atoms with Crippen molar-refractivity contribution in [1.29, 1.82) is 0 Å². The first kappa shape index (κ1) is 66.9. The van der Waals surface area contributed by atoms with Crippen molar-refractivity contribution in [3.63, 3.8) is 0 Å². The maximum Gasteiger partial charge on any atom is 0.243 e. The van der Waals surface area contributed by atoms with E-state index in [9.17, 15) is 51.9 Å². The minimum absolute atomic E-state index is 0.336. The van der Waals surface area contributed by atoms with Crippen LogP contribution in [0.2, 0.25) is 0 Å². The maximum atomic E-state index is 11.8. The van der Waals surface area contributed by atoms with Gasteiger partial charge in [0.2, 0.25) is 25.3 Å². The van der Waals surface area contributed by atoms with Crippen molar-refractivity contribution in [3.8, 4) is 0 Å². The van der Waals surface area contributed by atoms with Crippen LogP contribution >= 0.6 is 0 Å². The van der Waals surface area contributed by atoms with E-state index in [2.05, 4.69) is 167 Å². The normalized spacial score (nSPS) is 11.9. The van der Waals surface area contributed by atoms with Gasteiger partial charge < -0.3 is 18.2 Å². The highest BCUT2D eigenvalue weighted by Crippen LogP contribution is 2.44. The van der Waals surface area contributed by atoms with E-state index in [-0.39, 0.29) is 0 Å². The molecule has 0 amide bonds. The first-order valence-corrected chi connectivity index (χ1v) is 33.0.